The molecule has 8 heteroatoms. The predicted octanol–water partition coefficient (Wildman–Crippen LogP) is 3.85. The molecule has 33 heavy (non-hydrogen) atoms. The van der Waals surface area contributed by atoms with E-state index < -0.39 is 0 Å². The van der Waals surface area contributed by atoms with E-state index in [9.17, 15) is 9.59 Å². The van der Waals surface area contributed by atoms with Crippen LogP contribution in [0.4, 0.5) is 0 Å². The van der Waals surface area contributed by atoms with Crippen molar-refractivity contribution in [1.29, 1.82) is 0 Å². The molecule has 0 aliphatic carbocycles. The molecular formula is C25H29N5O3. The standard InChI is InChI=1S/C25H29N5O3/c1-14(2)22-21-15(3)26-30(18-9-7-6-8-10-18)23(21)25(32)29(22)19-11-12-28(13-19)24(31)20-16(4)27-33-17(20)5/h6-10,14,19,22H,11-13H2,1-5H3. The molecular weight excluding hydrogens is 418 g/mol. The van der Waals surface area contributed by atoms with Gasteiger partial charge in [0.25, 0.3) is 11.8 Å². The molecule has 0 N–H and O–H groups in total. The first-order valence-corrected chi connectivity index (χ1v) is 11.5. The molecule has 2 aliphatic rings. The number of aromatic nitrogens is 3. The van der Waals surface area contributed by atoms with Gasteiger partial charge in [-0.25, -0.2) is 4.68 Å². The van der Waals surface area contributed by atoms with Crippen LogP contribution in [0.5, 0.6) is 0 Å². The van der Waals surface area contributed by atoms with E-state index >= 15 is 0 Å². The topological polar surface area (TPSA) is 84.5 Å². The number of hydrogen-bond donors (Lipinski definition) is 0. The summed E-state index contributed by atoms with van der Waals surface area (Å²) in [4.78, 5) is 30.9. The molecule has 2 amide bonds. The second-order valence-corrected chi connectivity index (χ2v) is 9.39. The van der Waals surface area contributed by atoms with Gasteiger partial charge in [0, 0.05) is 18.7 Å². The summed E-state index contributed by atoms with van der Waals surface area (Å²) in [5, 5.41) is 8.65. The number of benzene rings is 1. The SMILES string of the molecule is Cc1noc(C)c1C(=O)N1CCC(N2C(=O)c3c(c(C)nn3-c3ccccc3)C2C(C)C)C1. The number of para-hydroxylation sites is 1. The van der Waals surface area contributed by atoms with Gasteiger partial charge in [-0.05, 0) is 45.2 Å². The first kappa shape index (κ1) is 21.4. The van der Waals surface area contributed by atoms with E-state index in [2.05, 4.69) is 19.0 Å². The van der Waals surface area contributed by atoms with Crippen molar-refractivity contribution in [1.82, 2.24) is 24.7 Å². The first-order valence-electron chi connectivity index (χ1n) is 11.5. The number of nitrogens with zero attached hydrogens (tertiary/aromatic N) is 5. The summed E-state index contributed by atoms with van der Waals surface area (Å²) in [6.45, 7) is 10.9. The zero-order valence-corrected chi connectivity index (χ0v) is 19.7. The Bertz CT molecular complexity index is 1210. The number of fused-ring (bicyclic) bond motifs is 1. The highest BCUT2D eigenvalue weighted by molar-refractivity contribution is 5.99. The van der Waals surface area contributed by atoms with Crippen molar-refractivity contribution in [2.45, 2.75) is 53.1 Å². The van der Waals surface area contributed by atoms with Crippen LogP contribution >= 0.6 is 0 Å². The largest absolute Gasteiger partial charge is 0.361 e. The van der Waals surface area contributed by atoms with E-state index in [1.54, 1.807) is 18.5 Å². The van der Waals surface area contributed by atoms with Gasteiger partial charge in [0.1, 0.15) is 17.0 Å². The lowest BCUT2D eigenvalue weighted by Gasteiger charge is -2.33. The molecule has 0 spiro atoms. The van der Waals surface area contributed by atoms with Gasteiger partial charge >= 0.3 is 0 Å². The summed E-state index contributed by atoms with van der Waals surface area (Å²) in [5.41, 5.74) is 4.54. The minimum absolute atomic E-state index is 0.00945. The molecule has 2 atom stereocenters. The molecule has 2 unspecified atom stereocenters. The van der Waals surface area contributed by atoms with Gasteiger partial charge in [0.05, 0.1) is 29.2 Å². The summed E-state index contributed by atoms with van der Waals surface area (Å²) in [6.07, 6.45) is 0.742. The van der Waals surface area contributed by atoms with Crippen molar-refractivity contribution in [3.8, 4) is 5.69 Å². The number of hydrogen-bond acceptors (Lipinski definition) is 5. The minimum Gasteiger partial charge on any atom is -0.361 e. The Kier molecular flexibility index (Phi) is 5.11. The molecule has 2 aliphatic heterocycles. The van der Waals surface area contributed by atoms with Crippen molar-refractivity contribution in [2.24, 2.45) is 5.92 Å². The van der Waals surface area contributed by atoms with Gasteiger partial charge in [-0.1, -0.05) is 37.2 Å². The highest BCUT2D eigenvalue weighted by atomic mass is 16.5. The monoisotopic (exact) mass is 447 g/mol. The number of likely N-dealkylation sites (tertiary alicyclic amines) is 1. The van der Waals surface area contributed by atoms with E-state index in [0.29, 0.717) is 35.8 Å². The van der Waals surface area contributed by atoms with Crippen molar-refractivity contribution in [2.75, 3.05) is 13.1 Å². The highest BCUT2D eigenvalue weighted by Gasteiger charge is 2.48. The predicted molar refractivity (Wildman–Crippen MR) is 122 cm³/mol. The molecule has 4 heterocycles. The van der Waals surface area contributed by atoms with E-state index in [4.69, 9.17) is 9.62 Å². The number of aryl methyl sites for hydroxylation is 3. The van der Waals surface area contributed by atoms with Gasteiger partial charge in [-0.15, -0.1) is 0 Å². The molecule has 0 saturated carbocycles. The van der Waals surface area contributed by atoms with Crippen LogP contribution in [0, 0.1) is 26.7 Å². The number of carbonyl (C=O) groups excluding carboxylic acids is 2. The molecule has 172 valence electrons. The van der Waals surface area contributed by atoms with E-state index in [1.807, 2.05) is 47.1 Å². The summed E-state index contributed by atoms with van der Waals surface area (Å²) in [6, 6.07) is 9.66. The molecule has 8 nitrogen and oxygen atoms in total. The smallest absolute Gasteiger partial charge is 0.273 e. The van der Waals surface area contributed by atoms with Crippen LogP contribution in [0.3, 0.4) is 0 Å². The van der Waals surface area contributed by atoms with Gasteiger partial charge < -0.3 is 14.3 Å². The Balaban J connectivity index is 1.48. The molecule has 1 fully saturated rings. The van der Waals surface area contributed by atoms with E-state index in [0.717, 1.165) is 23.4 Å². The third kappa shape index (κ3) is 3.27. The van der Waals surface area contributed by atoms with Crippen LogP contribution < -0.4 is 0 Å². The Morgan fingerprint density at radius 3 is 2.48 bits per heavy atom. The zero-order valence-electron chi connectivity index (χ0n) is 19.7. The normalized spacial score (nSPS) is 20.2. The zero-order chi connectivity index (χ0) is 23.4. The van der Waals surface area contributed by atoms with Crippen molar-refractivity contribution >= 4 is 11.8 Å². The van der Waals surface area contributed by atoms with Crippen LogP contribution in [0.2, 0.25) is 0 Å². The van der Waals surface area contributed by atoms with Gasteiger partial charge in [0.2, 0.25) is 0 Å². The fraction of sp³-hybridized carbons (Fsp3) is 0.440. The Morgan fingerprint density at radius 2 is 1.85 bits per heavy atom. The maximum absolute atomic E-state index is 13.9. The van der Waals surface area contributed by atoms with Crippen molar-refractivity contribution in [3.63, 3.8) is 0 Å². The summed E-state index contributed by atoms with van der Waals surface area (Å²) in [7, 11) is 0. The average molecular weight is 448 g/mol. The molecule has 1 saturated heterocycles. The lowest BCUT2D eigenvalue weighted by molar-refractivity contribution is 0.0549. The van der Waals surface area contributed by atoms with E-state index in [1.165, 1.54) is 0 Å². The van der Waals surface area contributed by atoms with Crippen LogP contribution in [0.1, 0.15) is 69.9 Å². The lowest BCUT2D eigenvalue weighted by Crippen LogP contribution is -2.43. The van der Waals surface area contributed by atoms with E-state index in [-0.39, 0.29) is 29.8 Å². The van der Waals surface area contributed by atoms with Gasteiger partial charge in [-0.2, -0.15) is 5.10 Å². The minimum atomic E-state index is -0.0781. The Morgan fingerprint density at radius 1 is 1.12 bits per heavy atom. The van der Waals surface area contributed by atoms with Gasteiger partial charge in [0.15, 0.2) is 0 Å². The first-order chi connectivity index (χ1) is 15.8. The maximum Gasteiger partial charge on any atom is 0.273 e. The van der Waals surface area contributed by atoms with Crippen molar-refractivity contribution in [3.05, 3.63) is 64.3 Å². The van der Waals surface area contributed by atoms with Crippen LogP contribution in [0.25, 0.3) is 5.69 Å². The maximum atomic E-state index is 13.9. The third-order valence-corrected chi connectivity index (χ3v) is 6.86. The molecule has 5 rings (SSSR count). The second kappa shape index (κ2) is 7.86. The molecule has 0 bridgehead atoms. The molecule has 2 aromatic heterocycles. The fourth-order valence-electron chi connectivity index (χ4n) is 5.39. The Labute approximate surface area is 193 Å². The number of rotatable bonds is 4. The van der Waals surface area contributed by atoms with Crippen LogP contribution in [-0.2, 0) is 0 Å². The second-order valence-electron chi connectivity index (χ2n) is 9.39. The number of amides is 2. The molecule has 0 radical (unpaired) electrons. The molecule has 1 aromatic carbocycles. The molecule has 3 aromatic rings. The fourth-order valence-corrected chi connectivity index (χ4v) is 5.39. The highest BCUT2D eigenvalue weighted by Crippen LogP contribution is 2.43. The summed E-state index contributed by atoms with van der Waals surface area (Å²) < 4.78 is 6.98. The van der Waals surface area contributed by atoms with Crippen LogP contribution in [0.15, 0.2) is 34.9 Å². The summed E-state index contributed by atoms with van der Waals surface area (Å²) >= 11 is 0. The average Bonchev–Trinajstić information content (AvgIpc) is 3.54. The lowest BCUT2D eigenvalue weighted by atomic mass is 9.95. The summed E-state index contributed by atoms with van der Waals surface area (Å²) in [5.74, 6) is 0.661. The Hall–Kier alpha value is -3.42. The van der Waals surface area contributed by atoms with Crippen LogP contribution in [-0.4, -0.2) is 55.7 Å². The quantitative estimate of drug-likeness (QED) is 0.607. The number of carbonyl (C=O) groups is 2. The van der Waals surface area contributed by atoms with Gasteiger partial charge in [-0.3, -0.25) is 9.59 Å². The van der Waals surface area contributed by atoms with Crippen molar-refractivity contribution < 1.29 is 14.1 Å². The third-order valence-electron chi connectivity index (χ3n) is 6.86.